The molecule has 4 aromatic rings. The summed E-state index contributed by atoms with van der Waals surface area (Å²) in [6, 6.07) is 17.6. The van der Waals surface area contributed by atoms with Crippen molar-refractivity contribution in [2.24, 2.45) is 0 Å². The van der Waals surface area contributed by atoms with Gasteiger partial charge in [-0.3, -0.25) is 14.2 Å². The van der Waals surface area contributed by atoms with Crippen molar-refractivity contribution in [2.75, 3.05) is 19.0 Å². The summed E-state index contributed by atoms with van der Waals surface area (Å²) in [5.74, 6) is 0.217. The minimum absolute atomic E-state index is 0.00820. The molecule has 0 bridgehead atoms. The van der Waals surface area contributed by atoms with Crippen molar-refractivity contribution in [2.45, 2.75) is 39.3 Å². The van der Waals surface area contributed by atoms with Gasteiger partial charge in [0.15, 0.2) is 0 Å². The van der Waals surface area contributed by atoms with E-state index in [1.807, 2.05) is 60.8 Å². The van der Waals surface area contributed by atoms with Crippen LogP contribution in [0, 0.1) is 0 Å². The van der Waals surface area contributed by atoms with E-state index in [2.05, 4.69) is 24.1 Å². The third kappa shape index (κ3) is 5.10. The van der Waals surface area contributed by atoms with Gasteiger partial charge >= 0.3 is 0 Å². The molecule has 0 radical (unpaired) electrons. The number of hydrogen-bond acceptors (Lipinski definition) is 4. The highest BCUT2D eigenvalue weighted by molar-refractivity contribution is 5.95. The Morgan fingerprint density at radius 1 is 1.06 bits per heavy atom. The Hall–Kier alpha value is -3.71. The molecule has 176 valence electrons. The first-order chi connectivity index (χ1) is 16.5. The van der Waals surface area contributed by atoms with E-state index >= 15 is 0 Å². The summed E-state index contributed by atoms with van der Waals surface area (Å²) in [7, 11) is 1.64. The summed E-state index contributed by atoms with van der Waals surface area (Å²) in [4.78, 5) is 30.9. The van der Waals surface area contributed by atoms with Crippen molar-refractivity contribution >= 4 is 22.6 Å². The second-order valence-electron chi connectivity index (χ2n) is 8.65. The number of methoxy groups -OCH3 is 1. The molecule has 4 rings (SSSR count). The lowest BCUT2D eigenvalue weighted by molar-refractivity contribution is -0.116. The van der Waals surface area contributed by atoms with Gasteiger partial charge in [0.2, 0.25) is 5.91 Å². The van der Waals surface area contributed by atoms with Crippen LogP contribution in [0.2, 0.25) is 0 Å². The second-order valence-corrected chi connectivity index (χ2v) is 8.65. The molecule has 0 aliphatic carbocycles. The van der Waals surface area contributed by atoms with Crippen molar-refractivity contribution in [3.05, 3.63) is 83.0 Å². The maximum Gasteiger partial charge on any atom is 0.277 e. The molecule has 0 atom stereocenters. The molecule has 34 heavy (non-hydrogen) atoms. The summed E-state index contributed by atoms with van der Waals surface area (Å²) in [6.07, 6.45) is 4.12. The third-order valence-corrected chi connectivity index (χ3v) is 5.85. The second kappa shape index (κ2) is 10.5. The predicted molar refractivity (Wildman–Crippen MR) is 135 cm³/mol. The quantitative estimate of drug-likeness (QED) is 0.370. The van der Waals surface area contributed by atoms with Crippen molar-refractivity contribution in [3.63, 3.8) is 0 Å². The largest absolute Gasteiger partial charge is 0.385 e. The SMILES string of the molecule is COCCCn1cnc2c(-c3ccccc3)cn(CC(=O)Nc3ccc(C(C)C)cc3)c2c1=O. The van der Waals surface area contributed by atoms with Crippen LogP contribution in [0.1, 0.15) is 31.7 Å². The zero-order valence-electron chi connectivity index (χ0n) is 19.8. The van der Waals surface area contributed by atoms with Gasteiger partial charge in [-0.1, -0.05) is 56.3 Å². The molecule has 0 aliphatic rings. The van der Waals surface area contributed by atoms with E-state index < -0.39 is 0 Å². The van der Waals surface area contributed by atoms with E-state index in [9.17, 15) is 9.59 Å². The van der Waals surface area contributed by atoms with Gasteiger partial charge in [-0.15, -0.1) is 0 Å². The van der Waals surface area contributed by atoms with Crippen molar-refractivity contribution in [1.82, 2.24) is 14.1 Å². The molecular formula is C27H30N4O3. The van der Waals surface area contributed by atoms with Gasteiger partial charge in [0.1, 0.15) is 17.6 Å². The molecule has 2 aromatic heterocycles. The number of aromatic nitrogens is 3. The lowest BCUT2D eigenvalue weighted by atomic mass is 10.0. The summed E-state index contributed by atoms with van der Waals surface area (Å²) in [5, 5.41) is 2.94. The minimum Gasteiger partial charge on any atom is -0.385 e. The molecule has 1 amide bonds. The Kier molecular flexibility index (Phi) is 7.23. The zero-order valence-corrected chi connectivity index (χ0v) is 19.8. The summed E-state index contributed by atoms with van der Waals surface area (Å²) < 4.78 is 8.40. The molecule has 0 aliphatic heterocycles. The lowest BCUT2D eigenvalue weighted by Gasteiger charge is -2.10. The number of ether oxygens (including phenoxy) is 1. The molecule has 0 unspecified atom stereocenters. The van der Waals surface area contributed by atoms with Crippen LogP contribution in [-0.2, 0) is 22.6 Å². The minimum atomic E-state index is -0.206. The van der Waals surface area contributed by atoms with Gasteiger partial charge in [0, 0.05) is 37.7 Å². The number of carbonyl (C=O) groups excluding carboxylic acids is 1. The molecule has 0 saturated carbocycles. The molecule has 0 saturated heterocycles. The first-order valence-corrected chi connectivity index (χ1v) is 11.5. The van der Waals surface area contributed by atoms with Gasteiger partial charge in [-0.05, 0) is 35.6 Å². The lowest BCUT2D eigenvalue weighted by Crippen LogP contribution is -2.25. The van der Waals surface area contributed by atoms with Crippen molar-refractivity contribution < 1.29 is 9.53 Å². The highest BCUT2D eigenvalue weighted by atomic mass is 16.5. The normalized spacial score (nSPS) is 11.3. The number of aryl methyl sites for hydroxylation is 1. The van der Waals surface area contributed by atoms with Crippen molar-refractivity contribution in [3.8, 4) is 11.1 Å². The standard InChI is InChI=1S/C27H30N4O3/c1-19(2)20-10-12-22(13-11-20)29-24(32)17-31-16-23(21-8-5-4-6-9-21)25-26(31)27(33)30(18-28-25)14-7-15-34-3/h4-6,8-13,16,18-19H,7,14-15,17H2,1-3H3,(H,29,32). The first kappa shape index (κ1) is 23.4. The fraction of sp³-hybridized carbons (Fsp3) is 0.296. The number of rotatable bonds is 9. The summed E-state index contributed by atoms with van der Waals surface area (Å²) >= 11 is 0. The van der Waals surface area contributed by atoms with Gasteiger partial charge in [0.05, 0.1) is 6.33 Å². The summed E-state index contributed by atoms with van der Waals surface area (Å²) in [5.41, 5.74) is 4.55. The van der Waals surface area contributed by atoms with Crippen LogP contribution in [0.15, 0.2) is 71.9 Å². The molecule has 7 heteroatoms. The van der Waals surface area contributed by atoms with E-state index in [0.29, 0.717) is 36.5 Å². The molecular weight excluding hydrogens is 428 g/mol. The van der Waals surface area contributed by atoms with Crippen LogP contribution in [0.25, 0.3) is 22.2 Å². The molecule has 0 fully saturated rings. The Balaban J connectivity index is 1.67. The highest BCUT2D eigenvalue weighted by Crippen LogP contribution is 2.27. The monoisotopic (exact) mass is 458 g/mol. The predicted octanol–water partition coefficient (Wildman–Crippen LogP) is 4.66. The number of fused-ring (bicyclic) bond motifs is 1. The molecule has 0 spiro atoms. The van der Waals surface area contributed by atoms with Crippen LogP contribution in [0.5, 0.6) is 0 Å². The maximum absolute atomic E-state index is 13.4. The van der Waals surface area contributed by atoms with Crippen LogP contribution < -0.4 is 10.9 Å². The molecule has 2 aromatic carbocycles. The van der Waals surface area contributed by atoms with E-state index in [1.165, 1.54) is 5.56 Å². The van der Waals surface area contributed by atoms with Crippen LogP contribution >= 0.6 is 0 Å². The molecule has 7 nitrogen and oxygen atoms in total. The van der Waals surface area contributed by atoms with Crippen LogP contribution in [0.3, 0.4) is 0 Å². The van der Waals surface area contributed by atoms with E-state index in [1.54, 1.807) is 22.6 Å². The first-order valence-electron chi connectivity index (χ1n) is 11.5. The van der Waals surface area contributed by atoms with Crippen LogP contribution in [0.4, 0.5) is 5.69 Å². The number of nitrogens with zero attached hydrogens (tertiary/aromatic N) is 3. The fourth-order valence-electron chi connectivity index (χ4n) is 4.01. The average Bonchev–Trinajstić information content (AvgIpc) is 3.20. The van der Waals surface area contributed by atoms with Crippen molar-refractivity contribution in [1.29, 1.82) is 0 Å². The number of anilines is 1. The molecule has 1 N–H and O–H groups in total. The van der Waals surface area contributed by atoms with Gasteiger partial charge < -0.3 is 14.6 Å². The van der Waals surface area contributed by atoms with Gasteiger partial charge in [0.25, 0.3) is 5.56 Å². The van der Waals surface area contributed by atoms with Gasteiger partial charge in [-0.25, -0.2) is 4.98 Å². The Morgan fingerprint density at radius 2 is 1.79 bits per heavy atom. The van der Waals surface area contributed by atoms with E-state index in [-0.39, 0.29) is 18.0 Å². The Bertz CT molecular complexity index is 1320. The smallest absolute Gasteiger partial charge is 0.277 e. The number of hydrogen-bond donors (Lipinski definition) is 1. The van der Waals surface area contributed by atoms with E-state index in [0.717, 1.165) is 16.8 Å². The van der Waals surface area contributed by atoms with E-state index in [4.69, 9.17) is 4.74 Å². The highest BCUT2D eigenvalue weighted by Gasteiger charge is 2.18. The van der Waals surface area contributed by atoms with Gasteiger partial charge in [-0.2, -0.15) is 0 Å². The number of carbonyl (C=O) groups is 1. The maximum atomic E-state index is 13.4. The number of nitrogens with one attached hydrogen (secondary N) is 1. The number of benzene rings is 2. The third-order valence-electron chi connectivity index (χ3n) is 5.85. The molecule has 2 heterocycles. The summed E-state index contributed by atoms with van der Waals surface area (Å²) in [6.45, 7) is 5.32. The zero-order chi connectivity index (χ0) is 24.1. The Labute approximate surface area is 199 Å². The number of amides is 1. The van der Waals surface area contributed by atoms with Crippen LogP contribution in [-0.4, -0.2) is 33.7 Å². The Morgan fingerprint density at radius 3 is 2.47 bits per heavy atom. The fourth-order valence-corrected chi connectivity index (χ4v) is 4.01. The topological polar surface area (TPSA) is 78.2 Å². The average molecular weight is 459 g/mol.